The van der Waals surface area contributed by atoms with E-state index in [4.69, 9.17) is 0 Å². The van der Waals surface area contributed by atoms with Gasteiger partial charge >= 0.3 is 0 Å². The summed E-state index contributed by atoms with van der Waals surface area (Å²) in [5, 5.41) is 6.09. The summed E-state index contributed by atoms with van der Waals surface area (Å²) >= 11 is 0. The van der Waals surface area contributed by atoms with Crippen molar-refractivity contribution >= 4 is 28.8 Å². The van der Waals surface area contributed by atoms with Crippen LogP contribution in [0, 0.1) is 6.92 Å². The van der Waals surface area contributed by atoms with Crippen LogP contribution < -0.4 is 15.5 Å². The molecule has 0 saturated heterocycles. The summed E-state index contributed by atoms with van der Waals surface area (Å²) in [5.74, 6) is 0.299. The van der Waals surface area contributed by atoms with Crippen LogP contribution in [-0.4, -0.2) is 29.0 Å². The van der Waals surface area contributed by atoms with Crippen LogP contribution >= 0.6 is 0 Å². The number of carbonyl (C=O) groups excluding carboxylic acids is 1. The van der Waals surface area contributed by atoms with E-state index in [9.17, 15) is 4.79 Å². The van der Waals surface area contributed by atoms with Gasteiger partial charge in [-0.2, -0.15) is 0 Å². The first kappa shape index (κ1) is 19.4. The monoisotopic (exact) mass is 375 g/mol. The van der Waals surface area contributed by atoms with Crippen molar-refractivity contribution in [3.8, 4) is 0 Å². The maximum absolute atomic E-state index is 12.5. The van der Waals surface area contributed by atoms with Gasteiger partial charge < -0.3 is 15.5 Å². The van der Waals surface area contributed by atoms with Crippen LogP contribution in [0.3, 0.4) is 0 Å². The first-order valence-corrected chi connectivity index (χ1v) is 9.41. The van der Waals surface area contributed by atoms with E-state index in [2.05, 4.69) is 51.5 Å². The van der Waals surface area contributed by atoms with Crippen LogP contribution in [0.5, 0.6) is 0 Å². The highest BCUT2D eigenvalue weighted by molar-refractivity contribution is 6.03. The number of amides is 1. The van der Waals surface area contributed by atoms with Gasteiger partial charge in [-0.15, -0.1) is 0 Å². The van der Waals surface area contributed by atoms with Crippen molar-refractivity contribution in [1.29, 1.82) is 0 Å². The Morgan fingerprint density at radius 1 is 0.964 bits per heavy atom. The maximum atomic E-state index is 12.5. The Balaban J connectivity index is 1.70. The molecule has 3 aromatic rings. The Morgan fingerprint density at radius 3 is 2.39 bits per heavy atom. The topological polar surface area (TPSA) is 70.2 Å². The summed E-state index contributed by atoms with van der Waals surface area (Å²) in [5.41, 5.74) is 4.20. The van der Waals surface area contributed by atoms with Crippen molar-refractivity contribution in [2.45, 2.75) is 20.8 Å². The molecular formula is C22H25N5O. The molecular weight excluding hydrogens is 350 g/mol. The van der Waals surface area contributed by atoms with Crippen molar-refractivity contribution in [3.05, 3.63) is 72.2 Å². The summed E-state index contributed by atoms with van der Waals surface area (Å²) in [4.78, 5) is 23.1. The number of nitrogens with zero attached hydrogens (tertiary/aromatic N) is 3. The molecule has 0 spiro atoms. The Labute approximate surface area is 165 Å². The summed E-state index contributed by atoms with van der Waals surface area (Å²) in [6.07, 6.45) is 1.39. The molecule has 0 aliphatic rings. The second kappa shape index (κ2) is 8.99. The van der Waals surface area contributed by atoms with E-state index in [1.807, 2.05) is 43.3 Å². The molecule has 0 radical (unpaired) electrons. The van der Waals surface area contributed by atoms with Crippen LogP contribution in [0.1, 0.15) is 29.9 Å². The maximum Gasteiger partial charge on any atom is 0.274 e. The molecule has 0 saturated carbocycles. The molecule has 0 unspecified atom stereocenters. The summed E-state index contributed by atoms with van der Waals surface area (Å²) in [6.45, 7) is 8.19. The van der Waals surface area contributed by atoms with Gasteiger partial charge in [-0.25, -0.2) is 9.97 Å². The smallest absolute Gasteiger partial charge is 0.274 e. The zero-order valence-electron chi connectivity index (χ0n) is 16.4. The van der Waals surface area contributed by atoms with Crippen molar-refractivity contribution in [2.75, 3.05) is 28.6 Å². The van der Waals surface area contributed by atoms with Crippen molar-refractivity contribution in [2.24, 2.45) is 0 Å². The van der Waals surface area contributed by atoms with E-state index < -0.39 is 0 Å². The molecule has 1 heterocycles. The van der Waals surface area contributed by atoms with Gasteiger partial charge in [-0.3, -0.25) is 4.79 Å². The number of rotatable bonds is 7. The van der Waals surface area contributed by atoms with E-state index in [-0.39, 0.29) is 5.91 Å². The fourth-order valence-electron chi connectivity index (χ4n) is 2.96. The molecule has 144 valence electrons. The van der Waals surface area contributed by atoms with E-state index in [1.54, 1.807) is 6.07 Å². The van der Waals surface area contributed by atoms with Gasteiger partial charge in [0, 0.05) is 36.2 Å². The zero-order valence-corrected chi connectivity index (χ0v) is 16.4. The van der Waals surface area contributed by atoms with Crippen molar-refractivity contribution in [3.63, 3.8) is 0 Å². The van der Waals surface area contributed by atoms with Gasteiger partial charge in [0.1, 0.15) is 17.8 Å². The zero-order chi connectivity index (χ0) is 19.9. The number of hydrogen-bond acceptors (Lipinski definition) is 5. The molecule has 3 rings (SSSR count). The lowest BCUT2D eigenvalue weighted by Gasteiger charge is -2.21. The predicted molar refractivity (Wildman–Crippen MR) is 114 cm³/mol. The second-order valence-corrected chi connectivity index (χ2v) is 6.46. The summed E-state index contributed by atoms with van der Waals surface area (Å²) < 4.78 is 0. The van der Waals surface area contributed by atoms with Crippen LogP contribution in [-0.2, 0) is 0 Å². The minimum Gasteiger partial charge on any atom is -0.372 e. The number of benzene rings is 2. The highest BCUT2D eigenvalue weighted by atomic mass is 16.1. The van der Waals surface area contributed by atoms with Gasteiger partial charge in [-0.1, -0.05) is 12.1 Å². The minimum absolute atomic E-state index is 0.270. The number of aromatic nitrogens is 2. The molecule has 2 aromatic carbocycles. The number of nitrogens with one attached hydrogen (secondary N) is 2. The van der Waals surface area contributed by atoms with E-state index >= 15 is 0 Å². The third-order valence-corrected chi connectivity index (χ3v) is 4.44. The Bertz CT molecular complexity index is 936. The van der Waals surface area contributed by atoms with E-state index in [1.165, 1.54) is 12.0 Å². The standard InChI is InChI=1S/C22H25N5O/c1-4-27(5-2)19-11-9-17(10-12-19)25-21-14-20(23-15-24-21)22(28)26-18-8-6-7-16(3)13-18/h6-15H,4-5H2,1-3H3,(H,26,28)(H,23,24,25). The highest BCUT2D eigenvalue weighted by Crippen LogP contribution is 2.20. The lowest BCUT2D eigenvalue weighted by atomic mass is 10.2. The largest absolute Gasteiger partial charge is 0.372 e. The molecule has 6 nitrogen and oxygen atoms in total. The molecule has 2 N–H and O–H groups in total. The normalized spacial score (nSPS) is 10.4. The molecule has 0 fully saturated rings. The molecule has 1 aromatic heterocycles. The fourth-order valence-corrected chi connectivity index (χ4v) is 2.96. The average molecular weight is 375 g/mol. The van der Waals surface area contributed by atoms with Gasteiger partial charge in [0.05, 0.1) is 0 Å². The van der Waals surface area contributed by atoms with Gasteiger partial charge in [0.25, 0.3) is 5.91 Å². The second-order valence-electron chi connectivity index (χ2n) is 6.46. The number of anilines is 4. The SMILES string of the molecule is CCN(CC)c1ccc(Nc2cc(C(=O)Nc3cccc(C)c3)ncn2)cc1. The van der Waals surface area contributed by atoms with Crippen molar-refractivity contribution in [1.82, 2.24) is 9.97 Å². The average Bonchev–Trinajstić information content (AvgIpc) is 2.70. The lowest BCUT2D eigenvalue weighted by Crippen LogP contribution is -2.21. The van der Waals surface area contributed by atoms with E-state index in [0.29, 0.717) is 11.5 Å². The molecule has 0 bridgehead atoms. The third-order valence-electron chi connectivity index (χ3n) is 4.44. The van der Waals surface area contributed by atoms with Crippen molar-refractivity contribution < 1.29 is 4.79 Å². The lowest BCUT2D eigenvalue weighted by molar-refractivity contribution is 0.102. The Morgan fingerprint density at radius 2 is 1.71 bits per heavy atom. The van der Waals surface area contributed by atoms with Crippen LogP contribution in [0.25, 0.3) is 0 Å². The third kappa shape index (κ3) is 4.85. The fraction of sp³-hybridized carbons (Fsp3) is 0.227. The Hall–Kier alpha value is -3.41. The minimum atomic E-state index is -0.270. The van der Waals surface area contributed by atoms with Crippen LogP contribution in [0.2, 0.25) is 0 Å². The highest BCUT2D eigenvalue weighted by Gasteiger charge is 2.10. The molecule has 6 heteroatoms. The predicted octanol–water partition coefficient (Wildman–Crippen LogP) is 4.63. The van der Waals surface area contributed by atoms with Crippen LogP contribution in [0.15, 0.2) is 60.9 Å². The molecule has 0 aliphatic heterocycles. The number of aryl methyl sites for hydroxylation is 1. The molecule has 0 atom stereocenters. The molecule has 1 amide bonds. The van der Waals surface area contributed by atoms with Crippen LogP contribution in [0.4, 0.5) is 22.9 Å². The van der Waals surface area contributed by atoms with Gasteiger partial charge in [0.2, 0.25) is 0 Å². The van der Waals surface area contributed by atoms with Gasteiger partial charge in [0.15, 0.2) is 0 Å². The quantitative estimate of drug-likeness (QED) is 0.630. The van der Waals surface area contributed by atoms with E-state index in [0.717, 1.165) is 30.0 Å². The summed E-state index contributed by atoms with van der Waals surface area (Å²) in [7, 11) is 0. The first-order chi connectivity index (χ1) is 13.6. The summed E-state index contributed by atoms with van der Waals surface area (Å²) in [6, 6.07) is 17.4. The number of carbonyl (C=O) groups is 1. The van der Waals surface area contributed by atoms with Gasteiger partial charge in [-0.05, 0) is 62.7 Å². The Kier molecular flexibility index (Phi) is 6.22. The molecule has 0 aliphatic carbocycles. The first-order valence-electron chi connectivity index (χ1n) is 9.41. The number of hydrogen-bond donors (Lipinski definition) is 2. The molecule has 28 heavy (non-hydrogen) atoms.